The van der Waals surface area contributed by atoms with Crippen LogP contribution in [-0.2, 0) is 17.8 Å². The molecule has 7 nitrogen and oxygen atoms in total. The molecule has 1 aliphatic heterocycles. The number of amides is 1. The molecule has 3 heterocycles. The fourth-order valence-corrected chi connectivity index (χ4v) is 4.13. The number of rotatable bonds is 3. The van der Waals surface area contributed by atoms with Gasteiger partial charge in [0.25, 0.3) is 0 Å². The molecule has 0 radical (unpaired) electrons. The third kappa shape index (κ3) is 4.14. The largest absolute Gasteiger partial charge is 0.328 e. The molecule has 8 heteroatoms. The molecule has 4 rings (SSSR count). The average Bonchev–Trinajstić information content (AvgIpc) is 3.10. The first-order chi connectivity index (χ1) is 12.4. The second-order valence-corrected chi connectivity index (χ2v) is 8.40. The van der Waals surface area contributed by atoms with Gasteiger partial charge in [-0.1, -0.05) is 20.3 Å². The van der Waals surface area contributed by atoms with E-state index in [4.69, 9.17) is 5.73 Å². The Balaban J connectivity index is 0.00000210. The summed E-state index contributed by atoms with van der Waals surface area (Å²) in [5, 5.41) is 7.44. The van der Waals surface area contributed by atoms with E-state index in [-0.39, 0.29) is 35.7 Å². The number of aromatic nitrogens is 4. The van der Waals surface area contributed by atoms with Gasteiger partial charge in [-0.3, -0.25) is 9.48 Å². The lowest BCUT2D eigenvalue weighted by Crippen LogP contribution is -2.34. The lowest BCUT2D eigenvalue weighted by atomic mass is 9.85. The minimum absolute atomic E-state index is 0. The van der Waals surface area contributed by atoms with Crippen LogP contribution in [0.3, 0.4) is 0 Å². The van der Waals surface area contributed by atoms with Crippen LogP contribution < -0.4 is 11.1 Å². The van der Waals surface area contributed by atoms with Gasteiger partial charge in [-0.25, -0.2) is 9.97 Å². The summed E-state index contributed by atoms with van der Waals surface area (Å²) in [6.07, 6.45) is 7.98. The molecule has 3 N–H and O–H groups in total. The van der Waals surface area contributed by atoms with E-state index in [1.165, 1.54) is 12.0 Å². The van der Waals surface area contributed by atoms with Crippen LogP contribution in [0.5, 0.6) is 0 Å². The summed E-state index contributed by atoms with van der Waals surface area (Å²) in [4.78, 5) is 21.2. The number of hydrogen-bond donors (Lipinski definition) is 2. The predicted molar refractivity (Wildman–Crippen MR) is 107 cm³/mol. The molecule has 0 spiro atoms. The van der Waals surface area contributed by atoms with Gasteiger partial charge in [-0.05, 0) is 31.1 Å². The average molecular weight is 391 g/mol. The molecule has 0 saturated heterocycles. The number of anilines is 1. The third-order valence-corrected chi connectivity index (χ3v) is 5.45. The lowest BCUT2D eigenvalue weighted by Gasteiger charge is -2.25. The standard InChI is InChI=1S/C19H26N6O.ClH/c1-19(2)8-16-14(9-23-25(16)10-19)15-7-17(22-11-21-15)24-18(26)12-4-3-5-13(20)6-12;/h7,9,11-13H,3-6,8,10,20H2,1-2H3,(H,21,22,24,26);1H/t12-,13+;/m1./s1. The zero-order valence-electron chi connectivity index (χ0n) is 15.8. The van der Waals surface area contributed by atoms with Crippen molar-refractivity contribution in [2.24, 2.45) is 17.1 Å². The van der Waals surface area contributed by atoms with Crippen molar-refractivity contribution in [3.63, 3.8) is 0 Å². The number of nitrogens with zero attached hydrogens (tertiary/aromatic N) is 4. The first kappa shape index (κ1) is 19.8. The van der Waals surface area contributed by atoms with Crippen molar-refractivity contribution in [1.82, 2.24) is 19.7 Å². The molecule has 146 valence electrons. The van der Waals surface area contributed by atoms with E-state index < -0.39 is 0 Å². The van der Waals surface area contributed by atoms with Gasteiger partial charge in [0.05, 0.1) is 11.9 Å². The summed E-state index contributed by atoms with van der Waals surface area (Å²) >= 11 is 0. The van der Waals surface area contributed by atoms with Crippen LogP contribution in [0.1, 0.15) is 45.2 Å². The van der Waals surface area contributed by atoms with Crippen LogP contribution in [0.2, 0.25) is 0 Å². The highest BCUT2D eigenvalue weighted by molar-refractivity contribution is 5.92. The summed E-state index contributed by atoms with van der Waals surface area (Å²) in [7, 11) is 0. The van der Waals surface area contributed by atoms with E-state index >= 15 is 0 Å². The molecule has 0 bridgehead atoms. The van der Waals surface area contributed by atoms with Crippen molar-refractivity contribution in [2.75, 3.05) is 5.32 Å². The van der Waals surface area contributed by atoms with Crippen LogP contribution in [0.4, 0.5) is 5.82 Å². The molecule has 0 unspecified atom stereocenters. The van der Waals surface area contributed by atoms with Gasteiger partial charge in [-0.15, -0.1) is 12.4 Å². The molecule has 1 fully saturated rings. The summed E-state index contributed by atoms with van der Waals surface area (Å²) < 4.78 is 2.05. The molecule has 0 aromatic carbocycles. The molecule has 2 aliphatic rings. The fourth-order valence-electron chi connectivity index (χ4n) is 4.13. The van der Waals surface area contributed by atoms with Crippen LogP contribution in [0.15, 0.2) is 18.6 Å². The van der Waals surface area contributed by atoms with Crippen LogP contribution in [-0.4, -0.2) is 31.7 Å². The summed E-state index contributed by atoms with van der Waals surface area (Å²) in [6, 6.07) is 1.96. The molecule has 2 aromatic rings. The van der Waals surface area contributed by atoms with Crippen molar-refractivity contribution in [3.8, 4) is 11.3 Å². The smallest absolute Gasteiger partial charge is 0.228 e. The maximum atomic E-state index is 12.5. The molecule has 1 aliphatic carbocycles. The Morgan fingerprint density at radius 2 is 2.15 bits per heavy atom. The summed E-state index contributed by atoms with van der Waals surface area (Å²) in [5.41, 5.74) is 9.23. The van der Waals surface area contributed by atoms with Gasteiger partial charge in [0.15, 0.2) is 0 Å². The lowest BCUT2D eigenvalue weighted by molar-refractivity contribution is -0.120. The maximum absolute atomic E-state index is 12.5. The van der Waals surface area contributed by atoms with E-state index in [1.807, 2.05) is 12.3 Å². The van der Waals surface area contributed by atoms with E-state index in [1.54, 1.807) is 0 Å². The Kier molecular flexibility index (Phi) is 5.53. The monoisotopic (exact) mass is 390 g/mol. The zero-order chi connectivity index (χ0) is 18.3. The highest BCUT2D eigenvalue weighted by Crippen LogP contribution is 2.36. The van der Waals surface area contributed by atoms with Crippen molar-refractivity contribution in [2.45, 2.75) is 58.5 Å². The van der Waals surface area contributed by atoms with Crippen molar-refractivity contribution < 1.29 is 4.79 Å². The summed E-state index contributed by atoms with van der Waals surface area (Å²) in [6.45, 7) is 5.40. The van der Waals surface area contributed by atoms with E-state index in [0.717, 1.165) is 49.9 Å². The van der Waals surface area contributed by atoms with Crippen molar-refractivity contribution >= 4 is 24.1 Å². The Bertz CT molecular complexity index is 833. The SMILES string of the molecule is CC1(C)Cc2c(-c3cc(NC(=O)[C@@H]4CCC[C@H](N)C4)ncn3)cnn2C1.Cl. The Morgan fingerprint density at radius 3 is 2.93 bits per heavy atom. The van der Waals surface area contributed by atoms with Gasteiger partial charge in [0.2, 0.25) is 5.91 Å². The highest BCUT2D eigenvalue weighted by atomic mass is 35.5. The number of carbonyl (C=O) groups is 1. The van der Waals surface area contributed by atoms with Crippen molar-refractivity contribution in [3.05, 3.63) is 24.3 Å². The third-order valence-electron chi connectivity index (χ3n) is 5.45. The number of nitrogens with one attached hydrogen (secondary N) is 1. The highest BCUT2D eigenvalue weighted by Gasteiger charge is 2.32. The van der Waals surface area contributed by atoms with Gasteiger partial charge in [-0.2, -0.15) is 5.10 Å². The van der Waals surface area contributed by atoms with E-state index in [2.05, 4.69) is 38.9 Å². The van der Waals surface area contributed by atoms with Gasteiger partial charge >= 0.3 is 0 Å². The molecule has 1 amide bonds. The molecule has 27 heavy (non-hydrogen) atoms. The summed E-state index contributed by atoms with van der Waals surface area (Å²) in [5.74, 6) is 0.515. The molecular weight excluding hydrogens is 364 g/mol. The molecule has 2 atom stereocenters. The molecule has 1 saturated carbocycles. The van der Waals surface area contributed by atoms with Gasteiger partial charge < -0.3 is 11.1 Å². The first-order valence-electron chi connectivity index (χ1n) is 9.35. The van der Waals surface area contributed by atoms with Crippen molar-refractivity contribution in [1.29, 1.82) is 0 Å². The first-order valence-corrected chi connectivity index (χ1v) is 9.35. The Labute approximate surface area is 165 Å². The number of nitrogens with two attached hydrogens (primary N) is 1. The van der Waals surface area contributed by atoms with Crippen LogP contribution in [0, 0.1) is 11.3 Å². The number of halogens is 1. The quantitative estimate of drug-likeness (QED) is 0.839. The zero-order valence-corrected chi connectivity index (χ0v) is 16.6. The normalized spacial score (nSPS) is 23.4. The minimum atomic E-state index is -0.0293. The second kappa shape index (κ2) is 7.56. The molecular formula is C19H27ClN6O. The Morgan fingerprint density at radius 1 is 1.33 bits per heavy atom. The Hall–Kier alpha value is -1.99. The maximum Gasteiger partial charge on any atom is 0.228 e. The fraction of sp³-hybridized carbons (Fsp3) is 0.579. The van der Waals surface area contributed by atoms with E-state index in [0.29, 0.717) is 5.82 Å². The van der Waals surface area contributed by atoms with Gasteiger partial charge in [0.1, 0.15) is 12.1 Å². The van der Waals surface area contributed by atoms with Crippen LogP contribution >= 0.6 is 12.4 Å². The number of carbonyl (C=O) groups excluding carboxylic acids is 1. The topological polar surface area (TPSA) is 98.7 Å². The van der Waals surface area contributed by atoms with Gasteiger partial charge in [0, 0.05) is 35.8 Å². The van der Waals surface area contributed by atoms with E-state index in [9.17, 15) is 4.79 Å². The minimum Gasteiger partial charge on any atom is -0.328 e. The predicted octanol–water partition coefficient (Wildman–Crippen LogP) is 2.80. The molecule has 2 aromatic heterocycles. The number of hydrogen-bond acceptors (Lipinski definition) is 5. The van der Waals surface area contributed by atoms with Crippen LogP contribution in [0.25, 0.3) is 11.3 Å². The second-order valence-electron chi connectivity index (χ2n) is 8.40. The number of fused-ring (bicyclic) bond motifs is 1.